The number of carbonyl (C=O) groups excluding carboxylic acids is 1. The van der Waals surface area contributed by atoms with Crippen LogP contribution in [0, 0.1) is 0 Å². The minimum atomic E-state index is -0.109. The molecule has 0 bridgehead atoms. The monoisotopic (exact) mass is 208 g/mol. The van der Waals surface area contributed by atoms with Gasteiger partial charge in [-0.15, -0.1) is 0 Å². The molecule has 1 amide bonds. The predicted octanol–water partition coefficient (Wildman–Crippen LogP) is 0.848. The molecule has 0 aliphatic heterocycles. The number of nitrogen functional groups attached to an aromatic ring is 1. The van der Waals surface area contributed by atoms with Crippen LogP contribution in [0.4, 0.5) is 5.69 Å². The van der Waals surface area contributed by atoms with Gasteiger partial charge in [-0.1, -0.05) is 0 Å². The average Bonchev–Trinajstić information content (AvgIpc) is 2.27. The Morgan fingerprint density at radius 3 is 2.80 bits per heavy atom. The van der Waals surface area contributed by atoms with Crippen LogP contribution >= 0.6 is 0 Å². The van der Waals surface area contributed by atoms with Crippen LogP contribution in [0.2, 0.25) is 0 Å². The van der Waals surface area contributed by atoms with E-state index in [1.54, 1.807) is 30.3 Å². The maximum Gasteiger partial charge on any atom is 0.272 e. The Morgan fingerprint density at radius 2 is 2.27 bits per heavy atom. The molecular formula is C10H16N4O. The summed E-state index contributed by atoms with van der Waals surface area (Å²) < 4.78 is 0. The Labute approximate surface area is 89.3 Å². The lowest BCUT2D eigenvalue weighted by atomic mass is 10.2. The van der Waals surface area contributed by atoms with Crippen molar-refractivity contribution < 1.29 is 4.79 Å². The highest BCUT2D eigenvalue weighted by molar-refractivity contribution is 5.93. The third kappa shape index (κ3) is 2.66. The molecule has 0 fully saturated rings. The number of nitrogens with one attached hydrogen (secondary N) is 1. The molecule has 0 saturated heterocycles. The average molecular weight is 208 g/mol. The van der Waals surface area contributed by atoms with Crippen LogP contribution in [-0.4, -0.2) is 28.9 Å². The molecule has 82 valence electrons. The van der Waals surface area contributed by atoms with Gasteiger partial charge in [0.1, 0.15) is 5.69 Å². The van der Waals surface area contributed by atoms with E-state index in [9.17, 15) is 4.79 Å². The third-order valence-electron chi connectivity index (χ3n) is 2.24. The van der Waals surface area contributed by atoms with Crippen molar-refractivity contribution in [1.82, 2.24) is 9.88 Å². The van der Waals surface area contributed by atoms with Gasteiger partial charge in [0.25, 0.3) is 5.91 Å². The molecule has 0 radical (unpaired) electrons. The highest BCUT2D eigenvalue weighted by Crippen LogP contribution is 2.09. The first-order valence-corrected chi connectivity index (χ1v) is 4.76. The zero-order chi connectivity index (χ0) is 11.4. The van der Waals surface area contributed by atoms with Crippen molar-refractivity contribution in [3.05, 3.63) is 24.0 Å². The number of rotatable bonds is 3. The lowest BCUT2D eigenvalue weighted by Gasteiger charge is -2.20. The molecule has 3 N–H and O–H groups in total. The number of anilines is 1. The van der Waals surface area contributed by atoms with Crippen molar-refractivity contribution in [3.8, 4) is 0 Å². The molecule has 15 heavy (non-hydrogen) atoms. The first-order valence-electron chi connectivity index (χ1n) is 4.76. The zero-order valence-electron chi connectivity index (χ0n) is 9.19. The second kappa shape index (κ2) is 4.75. The SMILES string of the molecule is CC(C)N(C)C(=O)c1cc(NN)ccn1. The standard InChI is InChI=1S/C10H16N4O/c1-7(2)14(3)10(15)9-6-8(13-11)4-5-12-9/h4-7H,11H2,1-3H3,(H,12,13). The fourth-order valence-electron chi connectivity index (χ4n) is 1.05. The van der Waals surface area contributed by atoms with E-state index in [-0.39, 0.29) is 11.9 Å². The van der Waals surface area contributed by atoms with Gasteiger partial charge in [-0.2, -0.15) is 0 Å². The molecule has 1 rings (SSSR count). The number of hydrogen-bond acceptors (Lipinski definition) is 4. The normalized spacial score (nSPS) is 10.2. The highest BCUT2D eigenvalue weighted by Gasteiger charge is 2.15. The van der Waals surface area contributed by atoms with Crippen LogP contribution in [0.1, 0.15) is 24.3 Å². The van der Waals surface area contributed by atoms with E-state index in [1.165, 1.54) is 0 Å². The summed E-state index contributed by atoms with van der Waals surface area (Å²) in [4.78, 5) is 17.5. The van der Waals surface area contributed by atoms with Crippen molar-refractivity contribution in [3.63, 3.8) is 0 Å². The summed E-state index contributed by atoms with van der Waals surface area (Å²) in [5.41, 5.74) is 3.54. The van der Waals surface area contributed by atoms with Crippen LogP contribution in [0.3, 0.4) is 0 Å². The molecule has 5 nitrogen and oxygen atoms in total. The lowest BCUT2D eigenvalue weighted by Crippen LogP contribution is -2.33. The highest BCUT2D eigenvalue weighted by atomic mass is 16.2. The minimum absolute atomic E-state index is 0.109. The quantitative estimate of drug-likeness (QED) is 0.570. The number of nitrogens with two attached hydrogens (primary N) is 1. The number of aromatic nitrogens is 1. The Hall–Kier alpha value is -1.62. The van der Waals surface area contributed by atoms with E-state index in [0.717, 1.165) is 0 Å². The fraction of sp³-hybridized carbons (Fsp3) is 0.400. The molecule has 0 unspecified atom stereocenters. The largest absolute Gasteiger partial charge is 0.338 e. The smallest absolute Gasteiger partial charge is 0.272 e. The summed E-state index contributed by atoms with van der Waals surface area (Å²) in [5.74, 6) is 5.14. The first-order chi connectivity index (χ1) is 7.06. The van der Waals surface area contributed by atoms with Gasteiger partial charge in [0.2, 0.25) is 0 Å². The van der Waals surface area contributed by atoms with Gasteiger partial charge >= 0.3 is 0 Å². The van der Waals surface area contributed by atoms with Gasteiger partial charge in [-0.3, -0.25) is 15.6 Å². The molecule has 0 atom stereocenters. The first kappa shape index (κ1) is 11.5. The Bertz CT molecular complexity index is 351. The molecule has 1 aromatic rings. The summed E-state index contributed by atoms with van der Waals surface area (Å²) in [5, 5.41) is 0. The van der Waals surface area contributed by atoms with Crippen molar-refractivity contribution in [2.24, 2.45) is 5.84 Å². The predicted molar refractivity (Wildman–Crippen MR) is 59.3 cm³/mol. The summed E-state index contributed by atoms with van der Waals surface area (Å²) in [6.45, 7) is 3.89. The van der Waals surface area contributed by atoms with Crippen molar-refractivity contribution in [1.29, 1.82) is 0 Å². The Morgan fingerprint density at radius 1 is 1.60 bits per heavy atom. The topological polar surface area (TPSA) is 71.2 Å². The number of carbonyl (C=O) groups is 1. The van der Waals surface area contributed by atoms with Gasteiger partial charge < -0.3 is 10.3 Å². The van der Waals surface area contributed by atoms with Gasteiger partial charge in [0.05, 0.1) is 5.69 Å². The van der Waals surface area contributed by atoms with Gasteiger partial charge in [0, 0.05) is 19.3 Å². The van der Waals surface area contributed by atoms with E-state index < -0.39 is 0 Å². The molecule has 0 aromatic carbocycles. The number of pyridine rings is 1. The number of hydrazine groups is 1. The number of nitrogens with zero attached hydrogens (tertiary/aromatic N) is 2. The second-order valence-corrected chi connectivity index (χ2v) is 3.58. The van der Waals surface area contributed by atoms with E-state index in [2.05, 4.69) is 10.4 Å². The fourth-order valence-corrected chi connectivity index (χ4v) is 1.05. The number of amides is 1. The minimum Gasteiger partial charge on any atom is -0.338 e. The molecule has 1 aromatic heterocycles. The third-order valence-corrected chi connectivity index (χ3v) is 2.24. The lowest BCUT2D eigenvalue weighted by molar-refractivity contribution is 0.0749. The maximum atomic E-state index is 11.8. The van der Waals surface area contributed by atoms with Crippen LogP contribution in [0.15, 0.2) is 18.3 Å². The Balaban J connectivity index is 2.91. The van der Waals surface area contributed by atoms with Crippen molar-refractivity contribution in [2.45, 2.75) is 19.9 Å². The van der Waals surface area contributed by atoms with E-state index in [4.69, 9.17) is 5.84 Å². The summed E-state index contributed by atoms with van der Waals surface area (Å²) >= 11 is 0. The van der Waals surface area contributed by atoms with Crippen LogP contribution < -0.4 is 11.3 Å². The summed E-state index contributed by atoms with van der Waals surface area (Å²) in [7, 11) is 1.75. The van der Waals surface area contributed by atoms with Crippen molar-refractivity contribution >= 4 is 11.6 Å². The van der Waals surface area contributed by atoms with Crippen LogP contribution in [0.5, 0.6) is 0 Å². The maximum absolute atomic E-state index is 11.8. The second-order valence-electron chi connectivity index (χ2n) is 3.58. The van der Waals surface area contributed by atoms with Crippen LogP contribution in [-0.2, 0) is 0 Å². The zero-order valence-corrected chi connectivity index (χ0v) is 9.19. The molecule has 0 aliphatic carbocycles. The van der Waals surface area contributed by atoms with E-state index >= 15 is 0 Å². The molecule has 0 spiro atoms. The van der Waals surface area contributed by atoms with Crippen LogP contribution in [0.25, 0.3) is 0 Å². The molecule has 5 heteroatoms. The summed E-state index contributed by atoms with van der Waals surface area (Å²) in [6, 6.07) is 3.47. The van der Waals surface area contributed by atoms with Gasteiger partial charge in [-0.05, 0) is 26.0 Å². The van der Waals surface area contributed by atoms with Gasteiger partial charge in [0.15, 0.2) is 0 Å². The van der Waals surface area contributed by atoms with E-state index in [1.807, 2.05) is 13.8 Å². The molecule has 1 heterocycles. The number of hydrogen-bond donors (Lipinski definition) is 2. The van der Waals surface area contributed by atoms with Gasteiger partial charge in [-0.25, -0.2) is 0 Å². The molecule has 0 aliphatic rings. The van der Waals surface area contributed by atoms with E-state index in [0.29, 0.717) is 11.4 Å². The Kier molecular flexibility index (Phi) is 3.62. The summed E-state index contributed by atoms with van der Waals surface area (Å²) in [6.07, 6.45) is 1.55. The molecule has 0 saturated carbocycles. The van der Waals surface area contributed by atoms with Crippen molar-refractivity contribution in [2.75, 3.05) is 12.5 Å². The molecular weight excluding hydrogens is 192 g/mol.